The zero-order valence-corrected chi connectivity index (χ0v) is 81.5. The molecule has 4 fully saturated rings. The number of fused-ring (bicyclic) bond motifs is 3. The smallest absolute Gasteiger partial charge is 0.336 e. The maximum absolute atomic E-state index is 14.7. The lowest BCUT2D eigenvalue weighted by Crippen LogP contribution is -2.48. The van der Waals surface area contributed by atoms with Gasteiger partial charge in [-0.15, -0.1) is 0 Å². The highest BCUT2D eigenvalue weighted by Crippen LogP contribution is 2.48. The number of likely N-dealkylation sites (tertiary alicyclic amines) is 1. The van der Waals surface area contributed by atoms with E-state index in [1.807, 2.05) is 150 Å². The van der Waals surface area contributed by atoms with Crippen LogP contribution >= 0.6 is 0 Å². The van der Waals surface area contributed by atoms with Crippen LogP contribution in [0.1, 0.15) is 92.4 Å². The van der Waals surface area contributed by atoms with Crippen molar-refractivity contribution in [3.8, 4) is 28.7 Å². The number of methoxy groups -OCH3 is 5. The third-order valence-corrected chi connectivity index (χ3v) is 26.9. The predicted molar refractivity (Wildman–Crippen MR) is 544 cm³/mol. The molecular formula is C106H123N23O9. The fourth-order valence-electron chi connectivity index (χ4n) is 19.1. The van der Waals surface area contributed by atoms with Crippen molar-refractivity contribution in [1.29, 1.82) is 0 Å². The van der Waals surface area contributed by atoms with E-state index in [9.17, 15) is 19.2 Å². The molecule has 0 atom stereocenters. The van der Waals surface area contributed by atoms with Crippen LogP contribution in [0.4, 0.5) is 107 Å². The monoisotopic (exact) mass is 1860 g/mol. The van der Waals surface area contributed by atoms with Gasteiger partial charge in [0, 0.05) is 163 Å². The van der Waals surface area contributed by atoms with Gasteiger partial charge in [0.2, 0.25) is 23.8 Å². The van der Waals surface area contributed by atoms with Crippen LogP contribution in [0.2, 0.25) is 0 Å². The average molecular weight is 1860 g/mol. The summed E-state index contributed by atoms with van der Waals surface area (Å²) in [6.45, 7) is 30.2. The quantitative estimate of drug-likeness (QED) is 0.0536. The largest absolute Gasteiger partial charge is 0.497 e. The molecular weight excluding hydrogens is 1740 g/mol. The number of urea groups is 3. The van der Waals surface area contributed by atoms with Gasteiger partial charge in [0.25, 0.3) is 0 Å². The molecule has 0 spiro atoms. The number of nitrogens with one attached hydrogen (secondary N) is 3. The Kier molecular flexibility index (Phi) is 29.2. The third kappa shape index (κ3) is 21.0. The van der Waals surface area contributed by atoms with Gasteiger partial charge in [-0.25, -0.2) is 49.0 Å². The Morgan fingerprint density at radius 1 is 0.384 bits per heavy atom. The van der Waals surface area contributed by atoms with Crippen LogP contribution in [-0.4, -0.2) is 237 Å². The molecule has 4 aromatic heterocycles. The molecule has 32 heteroatoms. The first-order valence-corrected chi connectivity index (χ1v) is 47.1. The molecule has 11 heterocycles. The molecule has 7 amide bonds. The van der Waals surface area contributed by atoms with Crippen LogP contribution in [0.3, 0.4) is 0 Å². The van der Waals surface area contributed by atoms with Gasteiger partial charge in [-0.3, -0.25) is 29.3 Å². The van der Waals surface area contributed by atoms with Gasteiger partial charge >= 0.3 is 18.1 Å². The Hall–Kier alpha value is -14.6. The molecule has 8 aromatic carbocycles. The summed E-state index contributed by atoms with van der Waals surface area (Å²) in [5.74, 6) is 6.68. The lowest BCUT2D eigenvalue weighted by molar-refractivity contribution is -0.129. The van der Waals surface area contributed by atoms with E-state index in [2.05, 4.69) is 130 Å². The third-order valence-electron chi connectivity index (χ3n) is 26.9. The molecule has 716 valence electrons. The second-order valence-electron chi connectivity index (χ2n) is 36.4. The van der Waals surface area contributed by atoms with Crippen molar-refractivity contribution in [2.24, 2.45) is 0 Å². The zero-order chi connectivity index (χ0) is 96.5. The average Bonchev–Trinajstić information content (AvgIpc) is 0.756. The standard InChI is InChI=1S/C39H47N9O3.C35H40N6O4.C32H36N8O2/c1-27-7-6-8-28(2)36(27)47-26-31-24-40-38(41-32-11-9-30(10-12-32)25-44-17-15-43(4)16-18-44)42-37(31)48(39(47)50)34-14-13-33(23-35(34)51-5)46-21-19-45(20-22-46)29(3)49;1-22-8-7-9-23(2)32(22)40-21-26-20-36-34(37-28-12-10-25(18-30(28)44-5)24-14-16-39(3)17-15-24)38-33(26)41(35(40)42)29-13-11-27(43-4)19-31(29)45-6;1-22-6-5-7-23(2)29(22)39-21-25-18-34-31(36-30(25)40(32(39)41)28-13-12-27(42-4)19-33-28)35-26-10-8-24(9-11-26)20-38-16-14-37(3)15-17-38/h6-14,23-24H,15-22,25-26H2,1-5H3,(H,40,41,42);7-13,18-20,24H,14-17,21H2,1-6H3,(H,36,37,38);5-13,18-19H,14-17,20-21H2,1-4H3,(H,34,35,36). The van der Waals surface area contributed by atoms with Crippen LogP contribution in [0, 0.1) is 41.5 Å². The highest BCUT2D eigenvalue weighted by atomic mass is 16.5. The van der Waals surface area contributed by atoms with E-state index < -0.39 is 0 Å². The first kappa shape index (κ1) is 95.2. The second-order valence-corrected chi connectivity index (χ2v) is 36.4. The lowest BCUT2D eigenvalue weighted by atomic mass is 9.89. The summed E-state index contributed by atoms with van der Waals surface area (Å²) >= 11 is 0. The molecule has 0 unspecified atom stereocenters. The molecule has 12 aromatic rings. The molecule has 7 aliphatic heterocycles. The number of piperidine rings is 1. The number of aryl methyl sites for hydroxylation is 6. The molecule has 0 radical (unpaired) electrons. The van der Waals surface area contributed by atoms with Gasteiger partial charge in [-0.1, -0.05) is 84.9 Å². The number of piperazine rings is 3. The molecule has 4 saturated heterocycles. The van der Waals surface area contributed by atoms with E-state index in [1.165, 1.54) is 16.7 Å². The summed E-state index contributed by atoms with van der Waals surface area (Å²) < 4.78 is 28.2. The van der Waals surface area contributed by atoms with Gasteiger partial charge < -0.3 is 64.1 Å². The number of amides is 7. The number of ether oxygens (including phenoxy) is 5. The number of pyridine rings is 1. The van der Waals surface area contributed by atoms with E-state index in [1.54, 1.807) is 115 Å². The number of carbonyl (C=O) groups is 4. The summed E-state index contributed by atoms with van der Waals surface area (Å²) in [4.78, 5) is 115. The number of benzene rings is 8. The fraction of sp³-hybridized carbons (Fsp3) is 0.349. The zero-order valence-electron chi connectivity index (χ0n) is 81.5. The second kappa shape index (κ2) is 42.4. The number of aromatic nitrogens is 7. The molecule has 7 aliphatic rings. The van der Waals surface area contributed by atoms with Gasteiger partial charge in [-0.05, 0) is 217 Å². The highest BCUT2D eigenvalue weighted by Gasteiger charge is 2.42. The summed E-state index contributed by atoms with van der Waals surface area (Å²) in [5.41, 5.74) is 19.5. The highest BCUT2D eigenvalue weighted by molar-refractivity contribution is 6.14. The van der Waals surface area contributed by atoms with Gasteiger partial charge in [0.05, 0.1) is 95.5 Å². The first-order valence-electron chi connectivity index (χ1n) is 47.1. The summed E-state index contributed by atoms with van der Waals surface area (Å²) in [6.07, 6.45) is 9.22. The Bertz CT molecular complexity index is 6340. The fourth-order valence-corrected chi connectivity index (χ4v) is 19.1. The number of carbonyl (C=O) groups excluding carboxylic acids is 4. The van der Waals surface area contributed by atoms with Crippen molar-refractivity contribution in [3.63, 3.8) is 0 Å². The van der Waals surface area contributed by atoms with Crippen molar-refractivity contribution in [1.82, 2.24) is 64.3 Å². The molecule has 0 aliphatic carbocycles. The SMILES string of the molecule is COc1cc(N2CCN(C(C)=O)CC2)ccc1N1C(=O)N(c2c(C)cccc2C)Cc2cnc(Nc3ccc(CN4CCN(C)CC4)cc3)nc21.COc1ccc(N2C(=O)N(c3c(C)cccc3C)Cc3cnc(Nc4ccc(C5CCN(C)CC5)cc4OC)nc32)c(OC)c1.COc1ccc(N2C(=O)N(c3c(C)cccc3C)Cc3cnc(Nc4ccc(CN5CCN(C)CC5)cc4)nc32)nc1. The molecule has 138 heavy (non-hydrogen) atoms. The van der Waals surface area contributed by atoms with Crippen LogP contribution in [0.25, 0.3) is 0 Å². The number of likely N-dealkylation sites (N-methyl/N-ethyl adjacent to an activating group) is 2. The van der Waals surface area contributed by atoms with Crippen LogP contribution in [0.15, 0.2) is 195 Å². The number of nitrogens with zero attached hydrogens (tertiary/aromatic N) is 20. The van der Waals surface area contributed by atoms with E-state index in [0.717, 1.165) is 187 Å². The maximum atomic E-state index is 14.7. The van der Waals surface area contributed by atoms with Crippen LogP contribution < -0.4 is 73.9 Å². The van der Waals surface area contributed by atoms with Crippen LogP contribution in [0.5, 0.6) is 28.7 Å². The van der Waals surface area contributed by atoms with Gasteiger partial charge in [0.15, 0.2) is 17.5 Å². The summed E-state index contributed by atoms with van der Waals surface area (Å²) in [6, 6.07) is 55.3. The molecule has 0 bridgehead atoms. The Labute approximate surface area is 807 Å². The predicted octanol–water partition coefficient (Wildman–Crippen LogP) is 17.8. The summed E-state index contributed by atoms with van der Waals surface area (Å²) in [5, 5.41) is 10.0. The Morgan fingerprint density at radius 3 is 1.21 bits per heavy atom. The van der Waals surface area contributed by atoms with Crippen molar-refractivity contribution < 1.29 is 42.9 Å². The number of hydrogen-bond donors (Lipinski definition) is 3. The summed E-state index contributed by atoms with van der Waals surface area (Å²) in [7, 11) is 14.6. The molecule has 0 saturated carbocycles. The van der Waals surface area contributed by atoms with E-state index in [0.29, 0.717) is 127 Å². The first-order chi connectivity index (χ1) is 66.9. The normalized spacial score (nSPS) is 16.2. The van der Waals surface area contributed by atoms with Crippen molar-refractivity contribution >= 4 is 116 Å². The van der Waals surface area contributed by atoms with Crippen molar-refractivity contribution in [2.75, 3.05) is 199 Å². The molecule has 19 rings (SSSR count). The van der Waals surface area contributed by atoms with Crippen LogP contribution in [-0.2, 0) is 37.5 Å². The topological polar surface area (TPSA) is 283 Å². The Balaban J connectivity index is 0.000000144. The number of rotatable bonds is 23. The van der Waals surface area contributed by atoms with Crippen molar-refractivity contribution in [2.45, 2.75) is 99.9 Å². The van der Waals surface area contributed by atoms with Crippen molar-refractivity contribution in [3.05, 3.63) is 261 Å². The van der Waals surface area contributed by atoms with E-state index >= 15 is 0 Å². The van der Waals surface area contributed by atoms with Gasteiger partial charge in [0.1, 0.15) is 34.6 Å². The Morgan fingerprint density at radius 2 is 0.790 bits per heavy atom. The lowest BCUT2D eigenvalue weighted by Gasteiger charge is -2.38. The number of anilines is 16. The van der Waals surface area contributed by atoms with E-state index in [-0.39, 0.29) is 24.0 Å². The number of hydrogen-bond acceptors (Lipinski definition) is 25. The van der Waals surface area contributed by atoms with E-state index in [4.69, 9.17) is 43.6 Å². The maximum Gasteiger partial charge on any atom is 0.336 e. The minimum atomic E-state index is -0.243. The van der Waals surface area contributed by atoms with Gasteiger partial charge in [-0.2, -0.15) is 15.0 Å². The molecule has 3 N–H and O–H groups in total. The minimum Gasteiger partial charge on any atom is -0.497 e. The number of para-hydroxylation sites is 3. The minimum absolute atomic E-state index is 0.0902. The molecule has 32 nitrogen and oxygen atoms in total.